The van der Waals surface area contributed by atoms with E-state index in [4.69, 9.17) is 5.11 Å². The number of carbonyl (C=O) groups is 1. The van der Waals surface area contributed by atoms with Gasteiger partial charge in [0, 0.05) is 16.8 Å². The summed E-state index contributed by atoms with van der Waals surface area (Å²) in [7, 11) is 0. The molecule has 0 aliphatic rings. The van der Waals surface area contributed by atoms with Crippen LogP contribution >= 0.6 is 27.3 Å². The summed E-state index contributed by atoms with van der Waals surface area (Å²) in [5.41, 5.74) is -0.0356. The number of rotatable bonds is 5. The van der Waals surface area contributed by atoms with Gasteiger partial charge < -0.3 is 10.4 Å². The lowest BCUT2D eigenvalue weighted by molar-refractivity contribution is -0.135. The van der Waals surface area contributed by atoms with Crippen LogP contribution in [-0.4, -0.2) is 24.2 Å². The summed E-state index contributed by atoms with van der Waals surface area (Å²) < 4.78 is 1.10. The maximum Gasteiger partial charge on any atom is 0.317 e. The van der Waals surface area contributed by atoms with Crippen LogP contribution in [0, 0.1) is 0 Å². The first-order chi connectivity index (χ1) is 6.92. The smallest absolute Gasteiger partial charge is 0.317 e. The molecule has 0 aliphatic carbocycles. The topological polar surface area (TPSA) is 49.3 Å². The van der Waals surface area contributed by atoms with Crippen LogP contribution in [0.15, 0.2) is 15.9 Å². The van der Waals surface area contributed by atoms with Gasteiger partial charge in [-0.25, -0.2) is 0 Å². The van der Waals surface area contributed by atoms with E-state index in [0.29, 0.717) is 6.54 Å². The zero-order valence-corrected chi connectivity index (χ0v) is 11.1. The zero-order valence-electron chi connectivity index (χ0n) is 8.71. The average Bonchev–Trinajstić information content (AvgIpc) is 2.51. The summed E-state index contributed by atoms with van der Waals surface area (Å²) >= 11 is 5.10. The predicted molar refractivity (Wildman–Crippen MR) is 65.6 cm³/mol. The molecule has 1 aromatic rings. The molecule has 0 atom stereocenters. The van der Waals surface area contributed by atoms with Gasteiger partial charge in [0.05, 0.1) is 10.3 Å². The molecule has 2 N–H and O–H groups in total. The number of carboxylic acid groups (broad SMARTS) is 1. The van der Waals surface area contributed by atoms with Crippen molar-refractivity contribution in [2.75, 3.05) is 13.1 Å². The van der Waals surface area contributed by atoms with Crippen molar-refractivity contribution in [3.05, 3.63) is 20.8 Å². The highest BCUT2D eigenvalue weighted by Crippen LogP contribution is 2.32. The van der Waals surface area contributed by atoms with Gasteiger partial charge in [-0.3, -0.25) is 4.79 Å². The summed E-state index contributed by atoms with van der Waals surface area (Å²) in [4.78, 5) is 11.6. The van der Waals surface area contributed by atoms with E-state index in [1.165, 1.54) is 4.88 Å². The number of nitrogens with one attached hydrogen (secondary N) is 1. The number of thiophene rings is 1. The van der Waals surface area contributed by atoms with E-state index in [0.717, 1.165) is 3.79 Å². The van der Waals surface area contributed by atoms with E-state index in [9.17, 15) is 4.79 Å². The molecule has 15 heavy (non-hydrogen) atoms. The van der Waals surface area contributed by atoms with Gasteiger partial charge in [-0.15, -0.1) is 11.3 Å². The molecule has 0 aromatic carbocycles. The molecule has 1 heterocycles. The van der Waals surface area contributed by atoms with Crippen LogP contribution in [0.5, 0.6) is 0 Å². The predicted octanol–water partition coefficient (Wildman–Crippen LogP) is 2.46. The van der Waals surface area contributed by atoms with Crippen molar-refractivity contribution in [2.24, 2.45) is 0 Å². The summed E-state index contributed by atoms with van der Waals surface area (Å²) in [5.74, 6) is -0.821. The van der Waals surface area contributed by atoms with Crippen LogP contribution in [0.3, 0.4) is 0 Å². The normalized spacial score (nSPS) is 11.7. The molecule has 0 aliphatic heterocycles. The van der Waals surface area contributed by atoms with E-state index in [2.05, 4.69) is 41.2 Å². The molecular weight excluding hydrogens is 278 g/mol. The average molecular weight is 292 g/mol. The van der Waals surface area contributed by atoms with Gasteiger partial charge in [-0.2, -0.15) is 0 Å². The summed E-state index contributed by atoms with van der Waals surface area (Å²) in [5, 5.41) is 11.4. The fraction of sp³-hybridized carbons (Fsp3) is 0.500. The minimum Gasteiger partial charge on any atom is -0.480 e. The molecule has 0 fully saturated rings. The number of aliphatic carboxylic acids is 1. The maximum atomic E-state index is 10.4. The summed E-state index contributed by atoms with van der Waals surface area (Å²) in [6, 6.07) is 4.08. The second-order valence-corrected chi connectivity index (χ2v) is 6.45. The lowest BCUT2D eigenvalue weighted by atomic mass is 9.91. The van der Waals surface area contributed by atoms with Gasteiger partial charge >= 0.3 is 5.97 Å². The lowest BCUT2D eigenvalue weighted by Crippen LogP contribution is -2.35. The van der Waals surface area contributed by atoms with Gasteiger partial charge in [0.2, 0.25) is 0 Å². The highest BCUT2D eigenvalue weighted by Gasteiger charge is 2.22. The van der Waals surface area contributed by atoms with Crippen molar-refractivity contribution < 1.29 is 9.90 Å². The van der Waals surface area contributed by atoms with Crippen molar-refractivity contribution in [1.82, 2.24) is 5.32 Å². The van der Waals surface area contributed by atoms with Crippen LogP contribution in [0.25, 0.3) is 0 Å². The van der Waals surface area contributed by atoms with Crippen LogP contribution in [0.1, 0.15) is 18.7 Å². The summed E-state index contributed by atoms with van der Waals surface area (Å²) in [6.45, 7) is 4.86. The molecular formula is C10H14BrNO2S. The van der Waals surface area contributed by atoms with E-state index < -0.39 is 5.97 Å². The summed E-state index contributed by atoms with van der Waals surface area (Å²) in [6.07, 6.45) is 0. The second-order valence-electron chi connectivity index (χ2n) is 3.98. The lowest BCUT2D eigenvalue weighted by Gasteiger charge is -2.23. The molecule has 3 nitrogen and oxygen atoms in total. The SMILES string of the molecule is CC(C)(CNCC(=O)O)c1ccc(Br)s1. The molecule has 0 amide bonds. The molecule has 84 valence electrons. The van der Waals surface area contributed by atoms with Crippen LogP contribution in [-0.2, 0) is 10.2 Å². The molecule has 0 spiro atoms. The Hall–Kier alpha value is -0.390. The Kier molecular flexibility index (Phi) is 4.31. The molecule has 0 unspecified atom stereocenters. The quantitative estimate of drug-likeness (QED) is 0.876. The molecule has 0 saturated carbocycles. The van der Waals surface area contributed by atoms with Gasteiger partial charge in [0.1, 0.15) is 0 Å². The van der Waals surface area contributed by atoms with Gasteiger partial charge in [-0.1, -0.05) is 13.8 Å². The zero-order chi connectivity index (χ0) is 11.5. The third-order valence-corrected chi connectivity index (χ3v) is 4.07. The first-order valence-corrected chi connectivity index (χ1v) is 6.21. The number of hydrogen-bond acceptors (Lipinski definition) is 3. The standard InChI is InChI=1S/C10H14BrNO2S/c1-10(2,6-12-5-9(13)14)7-3-4-8(11)15-7/h3-4,12H,5-6H2,1-2H3,(H,13,14). The van der Waals surface area contributed by atoms with Crippen molar-refractivity contribution in [3.8, 4) is 0 Å². The van der Waals surface area contributed by atoms with Crippen LogP contribution in [0.2, 0.25) is 0 Å². The van der Waals surface area contributed by atoms with E-state index >= 15 is 0 Å². The number of halogens is 1. The fourth-order valence-corrected chi connectivity index (χ4v) is 2.73. The van der Waals surface area contributed by atoms with E-state index in [1.807, 2.05) is 6.07 Å². The van der Waals surface area contributed by atoms with Crippen molar-refractivity contribution in [3.63, 3.8) is 0 Å². The Labute approximate surface area is 102 Å². The molecule has 0 radical (unpaired) electrons. The maximum absolute atomic E-state index is 10.4. The fourth-order valence-electron chi connectivity index (χ4n) is 1.25. The monoisotopic (exact) mass is 291 g/mol. The number of carboxylic acids is 1. The Bertz CT molecular complexity index is 349. The Balaban J connectivity index is 2.55. The van der Waals surface area contributed by atoms with Crippen LogP contribution in [0.4, 0.5) is 0 Å². The van der Waals surface area contributed by atoms with E-state index in [-0.39, 0.29) is 12.0 Å². The molecule has 5 heteroatoms. The van der Waals surface area contributed by atoms with Crippen molar-refractivity contribution in [2.45, 2.75) is 19.3 Å². The van der Waals surface area contributed by atoms with E-state index in [1.54, 1.807) is 11.3 Å². The third kappa shape index (κ3) is 3.93. The molecule has 1 aromatic heterocycles. The molecule has 0 bridgehead atoms. The van der Waals surface area contributed by atoms with Gasteiger partial charge in [0.25, 0.3) is 0 Å². The largest absolute Gasteiger partial charge is 0.480 e. The minimum absolute atomic E-state index is 0.00990. The Morgan fingerprint density at radius 2 is 2.27 bits per heavy atom. The minimum atomic E-state index is -0.821. The highest BCUT2D eigenvalue weighted by atomic mass is 79.9. The Morgan fingerprint density at radius 3 is 2.73 bits per heavy atom. The third-order valence-electron chi connectivity index (χ3n) is 2.08. The molecule has 1 rings (SSSR count). The second kappa shape index (κ2) is 5.09. The van der Waals surface area contributed by atoms with Crippen molar-refractivity contribution >= 4 is 33.2 Å². The van der Waals surface area contributed by atoms with Crippen molar-refractivity contribution in [1.29, 1.82) is 0 Å². The molecule has 0 saturated heterocycles. The Morgan fingerprint density at radius 1 is 1.60 bits per heavy atom. The first-order valence-electron chi connectivity index (χ1n) is 4.60. The van der Waals surface area contributed by atoms with Crippen LogP contribution < -0.4 is 5.32 Å². The first kappa shape index (κ1) is 12.7. The van der Waals surface area contributed by atoms with Gasteiger partial charge in [0.15, 0.2) is 0 Å². The highest BCUT2D eigenvalue weighted by molar-refractivity contribution is 9.11. The van der Waals surface area contributed by atoms with Gasteiger partial charge in [-0.05, 0) is 28.1 Å². The number of hydrogen-bond donors (Lipinski definition) is 2.